The van der Waals surface area contributed by atoms with E-state index in [1.54, 1.807) is 18.2 Å². The zero-order chi connectivity index (χ0) is 21.6. The van der Waals surface area contributed by atoms with Crippen molar-refractivity contribution in [2.75, 3.05) is 19.5 Å². The molecule has 5 N–H and O–H groups in total. The molecule has 0 saturated carbocycles. The van der Waals surface area contributed by atoms with Crippen molar-refractivity contribution < 1.29 is 19.0 Å². The highest BCUT2D eigenvalue weighted by molar-refractivity contribution is 6.15. The second-order valence-electron chi connectivity index (χ2n) is 6.89. The van der Waals surface area contributed by atoms with Crippen LogP contribution in [0, 0.1) is 17.1 Å². The summed E-state index contributed by atoms with van der Waals surface area (Å²) in [5, 5.41) is 20.6. The first kappa shape index (κ1) is 22.1. The molecule has 0 aliphatic carbocycles. The van der Waals surface area contributed by atoms with Crippen LogP contribution in [0.3, 0.4) is 0 Å². The van der Waals surface area contributed by atoms with E-state index in [0.29, 0.717) is 5.56 Å². The zero-order valence-corrected chi connectivity index (χ0v) is 16.7. The Morgan fingerprint density at radius 2 is 2.00 bits per heavy atom. The normalized spacial score (nSPS) is 12.2. The number of methoxy groups -OCH3 is 1. The number of benzene rings is 2. The maximum Gasteiger partial charge on any atom is 0.255 e. The monoisotopic (exact) mass is 399 g/mol. The van der Waals surface area contributed by atoms with Gasteiger partial charge in [-0.25, -0.2) is 4.39 Å². The van der Waals surface area contributed by atoms with Gasteiger partial charge < -0.3 is 26.3 Å². The van der Waals surface area contributed by atoms with Crippen LogP contribution in [0.2, 0.25) is 0 Å². The highest BCUT2D eigenvalue weighted by Gasteiger charge is 2.23. The van der Waals surface area contributed by atoms with Crippen LogP contribution in [0.5, 0.6) is 5.75 Å². The van der Waals surface area contributed by atoms with Crippen LogP contribution >= 0.6 is 0 Å². The fraction of sp³-hybridized carbons (Fsp3) is 0.273. The van der Waals surface area contributed by atoms with Crippen molar-refractivity contribution in [2.45, 2.75) is 19.9 Å². The Kier molecular flexibility index (Phi) is 7.50. The maximum atomic E-state index is 13.8. The summed E-state index contributed by atoms with van der Waals surface area (Å²) >= 11 is 0. The van der Waals surface area contributed by atoms with Crippen molar-refractivity contribution in [1.29, 1.82) is 5.41 Å². The number of carbonyl (C=O) groups is 1. The number of aliphatic hydroxyl groups excluding tert-OH is 1. The molecule has 0 aliphatic rings. The van der Waals surface area contributed by atoms with E-state index in [4.69, 9.17) is 15.9 Å². The molecule has 1 atom stereocenters. The third-order valence-electron chi connectivity index (χ3n) is 4.56. The van der Waals surface area contributed by atoms with Gasteiger partial charge in [-0.1, -0.05) is 32.0 Å². The number of halogens is 1. The molecule has 2 aromatic carbocycles. The summed E-state index contributed by atoms with van der Waals surface area (Å²) < 4.78 is 19.2. The number of anilines is 1. The van der Waals surface area contributed by atoms with Gasteiger partial charge in [0, 0.05) is 11.3 Å². The molecule has 0 bridgehead atoms. The molecule has 0 aliphatic heterocycles. The lowest BCUT2D eigenvalue weighted by Gasteiger charge is -2.21. The number of hydrogen-bond acceptors (Lipinski definition) is 5. The summed E-state index contributed by atoms with van der Waals surface area (Å²) in [4.78, 5) is 12.7. The summed E-state index contributed by atoms with van der Waals surface area (Å²) in [6, 6.07) is 8.79. The highest BCUT2D eigenvalue weighted by atomic mass is 19.1. The Hall–Kier alpha value is -3.19. The van der Waals surface area contributed by atoms with Gasteiger partial charge >= 0.3 is 0 Å². The Labute approximate surface area is 169 Å². The first-order valence-corrected chi connectivity index (χ1v) is 9.19. The summed E-state index contributed by atoms with van der Waals surface area (Å²) in [7, 11) is 1.38. The molecule has 0 saturated heterocycles. The van der Waals surface area contributed by atoms with Gasteiger partial charge in [-0.2, -0.15) is 0 Å². The topological polar surface area (TPSA) is 108 Å². The van der Waals surface area contributed by atoms with Crippen LogP contribution in [0.15, 0.2) is 42.5 Å². The van der Waals surface area contributed by atoms with Crippen LogP contribution in [0.1, 0.15) is 35.3 Å². The van der Waals surface area contributed by atoms with Crippen molar-refractivity contribution >= 4 is 23.4 Å². The van der Waals surface area contributed by atoms with E-state index in [9.17, 15) is 14.3 Å². The zero-order valence-electron chi connectivity index (χ0n) is 16.7. The van der Waals surface area contributed by atoms with Gasteiger partial charge in [-0.05, 0) is 36.3 Å². The second-order valence-corrected chi connectivity index (χ2v) is 6.89. The first-order chi connectivity index (χ1) is 13.8. The molecule has 154 valence electrons. The molecule has 2 aromatic rings. The standard InChI is InChI=1S/C22H26FN3O3/c1-13(2)19(12-27)26-22(28)15-9-11-18(25)20(21(15)29-3)17(24)10-8-14-6-4-5-7-16(14)23/h4-11,13,19,24,27H,12,25H2,1-3H3,(H,26,28)/b10-8+,24-17?/t19-/m1/s1. The van der Waals surface area contributed by atoms with Crippen LogP contribution in [-0.4, -0.2) is 36.5 Å². The second kappa shape index (κ2) is 9.84. The molecular formula is C22H26FN3O3. The molecule has 0 heterocycles. The minimum atomic E-state index is -0.443. The third kappa shape index (κ3) is 5.20. The summed E-state index contributed by atoms with van der Waals surface area (Å²) in [6.07, 6.45) is 2.86. The minimum Gasteiger partial charge on any atom is -0.495 e. The molecule has 6 nitrogen and oxygen atoms in total. The average molecular weight is 399 g/mol. The smallest absolute Gasteiger partial charge is 0.255 e. The van der Waals surface area contributed by atoms with E-state index in [0.717, 1.165) is 0 Å². The number of nitrogen functional groups attached to an aromatic ring is 1. The number of aliphatic hydroxyl groups is 1. The molecule has 0 unspecified atom stereocenters. The van der Waals surface area contributed by atoms with E-state index in [-0.39, 0.29) is 40.8 Å². The number of amides is 1. The molecule has 2 rings (SSSR count). The fourth-order valence-corrected chi connectivity index (χ4v) is 2.80. The van der Waals surface area contributed by atoms with Crippen LogP contribution in [0.4, 0.5) is 10.1 Å². The summed E-state index contributed by atoms with van der Waals surface area (Å²) in [5.41, 5.74) is 7.02. The van der Waals surface area contributed by atoms with Gasteiger partial charge in [-0.3, -0.25) is 4.79 Å². The number of rotatable bonds is 8. The van der Waals surface area contributed by atoms with Crippen molar-refractivity contribution in [3.63, 3.8) is 0 Å². The lowest BCUT2D eigenvalue weighted by atomic mass is 9.99. The van der Waals surface area contributed by atoms with E-state index in [1.807, 2.05) is 13.8 Å². The molecule has 0 spiro atoms. The molecule has 29 heavy (non-hydrogen) atoms. The average Bonchev–Trinajstić information content (AvgIpc) is 2.70. The number of ether oxygens (including phenoxy) is 1. The van der Waals surface area contributed by atoms with E-state index < -0.39 is 17.8 Å². The van der Waals surface area contributed by atoms with Crippen molar-refractivity contribution in [1.82, 2.24) is 5.32 Å². The first-order valence-electron chi connectivity index (χ1n) is 9.19. The number of carbonyl (C=O) groups excluding carboxylic acids is 1. The van der Waals surface area contributed by atoms with Crippen LogP contribution in [-0.2, 0) is 0 Å². The Bertz CT molecular complexity index is 926. The van der Waals surface area contributed by atoms with Gasteiger partial charge in [0.25, 0.3) is 5.91 Å². The predicted molar refractivity (Wildman–Crippen MR) is 113 cm³/mol. The molecule has 0 fully saturated rings. The van der Waals surface area contributed by atoms with Gasteiger partial charge in [0.05, 0.1) is 36.6 Å². The van der Waals surface area contributed by atoms with E-state index in [1.165, 1.54) is 37.5 Å². The van der Waals surface area contributed by atoms with Crippen molar-refractivity contribution in [3.8, 4) is 5.75 Å². The Balaban J connectivity index is 2.40. The summed E-state index contributed by atoms with van der Waals surface area (Å²) in [5.74, 6) is -0.675. The van der Waals surface area contributed by atoms with Gasteiger partial charge in [0.15, 0.2) is 0 Å². The number of allylic oxidation sites excluding steroid dienone is 1. The Morgan fingerprint density at radius 3 is 2.59 bits per heavy atom. The van der Waals surface area contributed by atoms with Crippen molar-refractivity contribution in [2.24, 2.45) is 5.92 Å². The third-order valence-corrected chi connectivity index (χ3v) is 4.56. The lowest BCUT2D eigenvalue weighted by molar-refractivity contribution is 0.0894. The fourth-order valence-electron chi connectivity index (χ4n) is 2.80. The SMILES string of the molecule is COc1c(C(=O)N[C@H](CO)C(C)C)ccc(N)c1C(=N)/C=C/c1ccccc1F. The van der Waals surface area contributed by atoms with Gasteiger partial charge in [0.1, 0.15) is 11.6 Å². The number of nitrogens with one attached hydrogen (secondary N) is 2. The molecule has 7 heteroatoms. The van der Waals surface area contributed by atoms with Crippen molar-refractivity contribution in [3.05, 3.63) is 65.0 Å². The lowest BCUT2D eigenvalue weighted by Crippen LogP contribution is -2.41. The Morgan fingerprint density at radius 1 is 1.31 bits per heavy atom. The summed E-state index contributed by atoms with van der Waals surface area (Å²) in [6.45, 7) is 3.57. The quantitative estimate of drug-likeness (QED) is 0.404. The van der Waals surface area contributed by atoms with Crippen LogP contribution in [0.25, 0.3) is 6.08 Å². The predicted octanol–water partition coefficient (Wildman–Crippen LogP) is 3.24. The number of nitrogens with two attached hydrogens (primary N) is 1. The number of hydrogen-bond donors (Lipinski definition) is 4. The highest BCUT2D eigenvalue weighted by Crippen LogP contribution is 2.30. The largest absolute Gasteiger partial charge is 0.495 e. The van der Waals surface area contributed by atoms with E-state index >= 15 is 0 Å². The van der Waals surface area contributed by atoms with E-state index in [2.05, 4.69) is 5.32 Å². The maximum absolute atomic E-state index is 13.8. The van der Waals surface area contributed by atoms with Gasteiger partial charge in [0.2, 0.25) is 0 Å². The minimum absolute atomic E-state index is 0.0279. The molecule has 0 aromatic heterocycles. The molecule has 1 amide bonds. The van der Waals surface area contributed by atoms with Crippen LogP contribution < -0.4 is 15.8 Å². The van der Waals surface area contributed by atoms with Gasteiger partial charge in [-0.15, -0.1) is 0 Å². The molecule has 0 radical (unpaired) electrons. The molecular weight excluding hydrogens is 373 g/mol.